The molecule has 0 aromatic rings. The van der Waals surface area contributed by atoms with E-state index in [-0.39, 0.29) is 18.6 Å². The molecule has 3 heteroatoms. The molecule has 0 aliphatic heterocycles. The molecule has 0 aromatic carbocycles. The molecule has 2 nitrogen and oxygen atoms in total. The van der Waals surface area contributed by atoms with Gasteiger partial charge in [0.2, 0.25) is 0 Å². The summed E-state index contributed by atoms with van der Waals surface area (Å²) < 4.78 is 0. The van der Waals surface area contributed by atoms with Gasteiger partial charge >= 0.3 is 0 Å². The molecule has 0 spiro atoms. The first-order chi connectivity index (χ1) is 3.72. The van der Waals surface area contributed by atoms with Gasteiger partial charge in [-0.2, -0.15) is 0 Å². The maximum absolute atomic E-state index is 8.85. The van der Waals surface area contributed by atoms with Gasteiger partial charge in [-0.05, 0) is 6.92 Å². The van der Waals surface area contributed by atoms with Crippen molar-refractivity contribution in [1.82, 2.24) is 0 Å². The van der Waals surface area contributed by atoms with Gasteiger partial charge in [0.1, 0.15) is 7.85 Å². The summed E-state index contributed by atoms with van der Waals surface area (Å²) in [5.74, 6) is 0.0648. The molecule has 0 bridgehead atoms. The molecular weight excluding hydrogens is 103 g/mol. The van der Waals surface area contributed by atoms with Crippen LogP contribution >= 0.6 is 0 Å². The van der Waals surface area contributed by atoms with Crippen LogP contribution in [-0.4, -0.2) is 30.8 Å². The van der Waals surface area contributed by atoms with Gasteiger partial charge in [0.15, 0.2) is 0 Å². The molecule has 0 radical (unpaired) electrons. The summed E-state index contributed by atoms with van der Waals surface area (Å²) in [6.07, 6.45) is 0.471. The van der Waals surface area contributed by atoms with Crippen LogP contribution in [0.25, 0.3) is 0 Å². The fourth-order valence-electron chi connectivity index (χ4n) is 0.623. The summed E-state index contributed by atoms with van der Waals surface area (Å²) in [6.45, 7) is 1.79. The third kappa shape index (κ3) is 2.33. The molecular formula is C5H13BO2. The van der Waals surface area contributed by atoms with Crippen LogP contribution in [0.15, 0.2) is 0 Å². The van der Waals surface area contributed by atoms with Crippen molar-refractivity contribution in [3.05, 3.63) is 0 Å². The third-order valence-electron chi connectivity index (χ3n) is 1.44. The number of rotatable bonds is 3. The Balaban J connectivity index is 3.35. The summed E-state index contributed by atoms with van der Waals surface area (Å²) in [7, 11) is 1.95. The van der Waals surface area contributed by atoms with E-state index >= 15 is 0 Å². The molecule has 0 aliphatic rings. The summed E-state index contributed by atoms with van der Waals surface area (Å²) >= 11 is 0. The Labute approximate surface area is 50.9 Å². The molecule has 48 valence electrons. The minimum absolute atomic E-state index is 0.0648. The Hall–Kier alpha value is -0.0151. The van der Waals surface area contributed by atoms with E-state index in [1.165, 1.54) is 0 Å². The van der Waals surface area contributed by atoms with Gasteiger partial charge in [-0.15, -0.1) is 0 Å². The summed E-state index contributed by atoms with van der Waals surface area (Å²) in [4.78, 5) is 0. The highest BCUT2D eigenvalue weighted by Crippen LogP contribution is 2.04. The van der Waals surface area contributed by atoms with E-state index in [2.05, 4.69) is 0 Å². The minimum Gasteiger partial charge on any atom is -0.396 e. The molecule has 0 fully saturated rings. The predicted molar refractivity (Wildman–Crippen MR) is 35.6 cm³/mol. The number of aliphatic hydroxyl groups is 2. The Morgan fingerprint density at radius 1 is 1.62 bits per heavy atom. The van der Waals surface area contributed by atoms with E-state index in [0.29, 0.717) is 0 Å². The maximum Gasteiger partial charge on any atom is 0.101 e. The Kier molecular flexibility index (Phi) is 3.92. The van der Waals surface area contributed by atoms with Gasteiger partial charge in [0.25, 0.3) is 0 Å². The van der Waals surface area contributed by atoms with Crippen LogP contribution in [0.5, 0.6) is 0 Å². The van der Waals surface area contributed by atoms with Crippen LogP contribution in [-0.2, 0) is 0 Å². The standard InChI is InChI=1S/C5H13BO2/c1-4(8)5(2-6)3-7/h4-5,7-8H,2-3,6H2,1H3/t4-,5-/m0/s1. The number of aliphatic hydroxyl groups excluding tert-OH is 2. The van der Waals surface area contributed by atoms with Crippen LogP contribution in [0, 0.1) is 5.92 Å². The number of hydrogen-bond acceptors (Lipinski definition) is 2. The molecule has 0 heterocycles. The molecule has 0 aliphatic carbocycles. The van der Waals surface area contributed by atoms with Crippen LogP contribution < -0.4 is 0 Å². The third-order valence-corrected chi connectivity index (χ3v) is 1.44. The SMILES string of the molecule is BC[C@@H](CO)[C@H](C)O. The van der Waals surface area contributed by atoms with Gasteiger partial charge in [0.05, 0.1) is 6.10 Å². The second-order valence-electron chi connectivity index (χ2n) is 2.09. The van der Waals surface area contributed by atoms with Crippen molar-refractivity contribution in [3.8, 4) is 0 Å². The average Bonchev–Trinajstić information content (AvgIpc) is 1.69. The van der Waals surface area contributed by atoms with E-state index in [4.69, 9.17) is 10.2 Å². The van der Waals surface area contributed by atoms with Crippen molar-refractivity contribution in [3.63, 3.8) is 0 Å². The maximum atomic E-state index is 8.85. The van der Waals surface area contributed by atoms with Crippen LogP contribution in [0.4, 0.5) is 0 Å². The topological polar surface area (TPSA) is 40.5 Å². The molecule has 0 rings (SSSR count). The zero-order valence-electron chi connectivity index (χ0n) is 5.46. The average molecular weight is 116 g/mol. The first kappa shape index (κ1) is 7.98. The highest BCUT2D eigenvalue weighted by atomic mass is 16.3. The van der Waals surface area contributed by atoms with Gasteiger partial charge in [-0.25, -0.2) is 0 Å². The van der Waals surface area contributed by atoms with Crippen molar-refractivity contribution in [2.75, 3.05) is 6.61 Å². The monoisotopic (exact) mass is 116 g/mol. The second kappa shape index (κ2) is 3.92. The largest absolute Gasteiger partial charge is 0.396 e. The lowest BCUT2D eigenvalue weighted by Crippen LogP contribution is -2.19. The molecule has 0 saturated carbocycles. The Morgan fingerprint density at radius 2 is 2.12 bits per heavy atom. The van der Waals surface area contributed by atoms with E-state index < -0.39 is 0 Å². The predicted octanol–water partition coefficient (Wildman–Crippen LogP) is -0.973. The van der Waals surface area contributed by atoms with Crippen molar-refractivity contribution in [2.45, 2.75) is 19.3 Å². The van der Waals surface area contributed by atoms with Gasteiger partial charge < -0.3 is 10.2 Å². The van der Waals surface area contributed by atoms with Gasteiger partial charge in [-0.3, -0.25) is 0 Å². The van der Waals surface area contributed by atoms with Crippen molar-refractivity contribution in [1.29, 1.82) is 0 Å². The van der Waals surface area contributed by atoms with E-state index in [9.17, 15) is 0 Å². The second-order valence-corrected chi connectivity index (χ2v) is 2.09. The van der Waals surface area contributed by atoms with Crippen LogP contribution in [0.2, 0.25) is 6.32 Å². The first-order valence-electron chi connectivity index (χ1n) is 3.01. The highest BCUT2D eigenvalue weighted by molar-refractivity contribution is 6.08. The van der Waals surface area contributed by atoms with Crippen molar-refractivity contribution in [2.24, 2.45) is 5.92 Å². The zero-order chi connectivity index (χ0) is 6.57. The van der Waals surface area contributed by atoms with Crippen LogP contribution in [0.3, 0.4) is 0 Å². The zero-order valence-corrected chi connectivity index (χ0v) is 5.46. The lowest BCUT2D eigenvalue weighted by atomic mass is 9.88. The molecule has 0 unspecified atom stereocenters. The van der Waals surface area contributed by atoms with E-state index in [1.54, 1.807) is 6.92 Å². The Morgan fingerprint density at radius 3 is 2.12 bits per heavy atom. The normalized spacial score (nSPS) is 17.9. The summed E-state index contributed by atoms with van der Waals surface area (Å²) in [5.41, 5.74) is 0. The number of hydrogen-bond donors (Lipinski definition) is 2. The van der Waals surface area contributed by atoms with Crippen molar-refractivity contribution < 1.29 is 10.2 Å². The Bertz CT molecular complexity index is 52.4. The van der Waals surface area contributed by atoms with Gasteiger partial charge in [-0.1, -0.05) is 6.32 Å². The highest BCUT2D eigenvalue weighted by Gasteiger charge is 2.09. The quantitative estimate of drug-likeness (QED) is 0.465. The lowest BCUT2D eigenvalue weighted by Gasteiger charge is -2.13. The van der Waals surface area contributed by atoms with Crippen molar-refractivity contribution >= 4 is 7.85 Å². The molecule has 0 amide bonds. The minimum atomic E-state index is -0.370. The molecule has 2 N–H and O–H groups in total. The van der Waals surface area contributed by atoms with E-state index in [0.717, 1.165) is 6.32 Å². The van der Waals surface area contributed by atoms with Gasteiger partial charge in [0, 0.05) is 12.5 Å². The van der Waals surface area contributed by atoms with E-state index in [1.807, 2.05) is 7.85 Å². The first-order valence-corrected chi connectivity index (χ1v) is 3.01. The van der Waals surface area contributed by atoms with Crippen LogP contribution in [0.1, 0.15) is 6.92 Å². The molecule has 0 aromatic heterocycles. The molecule has 2 atom stereocenters. The fraction of sp³-hybridized carbons (Fsp3) is 1.00. The molecule has 0 saturated heterocycles. The summed E-state index contributed by atoms with van der Waals surface area (Å²) in [5, 5.41) is 17.4. The lowest BCUT2D eigenvalue weighted by molar-refractivity contribution is 0.0917. The summed E-state index contributed by atoms with van der Waals surface area (Å²) in [6, 6.07) is 0. The fourth-order valence-corrected chi connectivity index (χ4v) is 0.623. The smallest absolute Gasteiger partial charge is 0.101 e. The molecule has 8 heavy (non-hydrogen) atoms.